The third-order valence-corrected chi connectivity index (χ3v) is 5.21. The van der Waals surface area contributed by atoms with Crippen LogP contribution in [0.5, 0.6) is 0 Å². The number of carbonyl (C=O) groups excluding carboxylic acids is 1. The maximum atomic E-state index is 12.4. The molecule has 0 spiro atoms. The second kappa shape index (κ2) is 10.8. The first-order valence-electron chi connectivity index (χ1n) is 10.7. The molecule has 0 bridgehead atoms. The zero-order valence-electron chi connectivity index (χ0n) is 18.3. The molecule has 3 rings (SSSR count). The van der Waals surface area contributed by atoms with Crippen LogP contribution in [0.4, 0.5) is 0 Å². The van der Waals surface area contributed by atoms with Gasteiger partial charge < -0.3 is 20.4 Å². The van der Waals surface area contributed by atoms with Crippen molar-refractivity contribution in [3.63, 3.8) is 0 Å². The van der Waals surface area contributed by atoms with Crippen LogP contribution in [0.1, 0.15) is 34.0 Å². The Hall–Kier alpha value is -2.86. The van der Waals surface area contributed by atoms with E-state index in [4.69, 9.17) is 4.99 Å². The molecule has 6 heteroatoms. The SMILES string of the molecule is CCNC(=NCc1cccc(C(=O)NCCN(C)C)c1)N1CCc2ccccc2C1. The highest BCUT2D eigenvalue weighted by molar-refractivity contribution is 5.94. The molecule has 1 aliphatic rings. The van der Waals surface area contributed by atoms with Crippen molar-refractivity contribution >= 4 is 11.9 Å². The van der Waals surface area contributed by atoms with Gasteiger partial charge in [-0.1, -0.05) is 36.4 Å². The third-order valence-electron chi connectivity index (χ3n) is 5.21. The number of hydrogen-bond acceptors (Lipinski definition) is 3. The van der Waals surface area contributed by atoms with Crippen LogP contribution in [0.2, 0.25) is 0 Å². The summed E-state index contributed by atoms with van der Waals surface area (Å²) >= 11 is 0. The molecular formula is C24H33N5O. The number of fused-ring (bicyclic) bond motifs is 1. The van der Waals surface area contributed by atoms with Gasteiger partial charge in [-0.2, -0.15) is 0 Å². The normalized spacial score (nSPS) is 13.9. The minimum atomic E-state index is -0.0396. The predicted octanol–water partition coefficient (Wildman–Crippen LogP) is 2.50. The molecule has 2 N–H and O–H groups in total. The van der Waals surface area contributed by atoms with Crippen molar-refractivity contribution < 1.29 is 4.79 Å². The number of hydrogen-bond donors (Lipinski definition) is 2. The predicted molar refractivity (Wildman–Crippen MR) is 123 cm³/mol. The molecule has 0 aromatic heterocycles. The van der Waals surface area contributed by atoms with E-state index in [-0.39, 0.29) is 5.91 Å². The fourth-order valence-corrected chi connectivity index (χ4v) is 3.57. The van der Waals surface area contributed by atoms with E-state index < -0.39 is 0 Å². The first-order chi connectivity index (χ1) is 14.6. The summed E-state index contributed by atoms with van der Waals surface area (Å²) in [6.45, 7) is 6.74. The smallest absolute Gasteiger partial charge is 0.251 e. The Labute approximate surface area is 180 Å². The Morgan fingerprint density at radius 2 is 1.90 bits per heavy atom. The molecular weight excluding hydrogens is 374 g/mol. The summed E-state index contributed by atoms with van der Waals surface area (Å²) in [5.74, 6) is 0.884. The number of benzene rings is 2. The van der Waals surface area contributed by atoms with Crippen molar-refractivity contribution in [1.82, 2.24) is 20.4 Å². The Bertz CT molecular complexity index is 877. The Balaban J connectivity index is 1.66. The molecule has 0 saturated heterocycles. The highest BCUT2D eigenvalue weighted by Gasteiger charge is 2.18. The van der Waals surface area contributed by atoms with Crippen LogP contribution in [-0.2, 0) is 19.5 Å². The summed E-state index contributed by atoms with van der Waals surface area (Å²) in [5, 5.41) is 6.39. The van der Waals surface area contributed by atoms with E-state index in [1.807, 2.05) is 43.3 Å². The molecule has 2 aromatic rings. The monoisotopic (exact) mass is 407 g/mol. The number of nitrogens with one attached hydrogen (secondary N) is 2. The molecule has 0 aliphatic carbocycles. The van der Waals surface area contributed by atoms with E-state index in [0.717, 1.165) is 44.1 Å². The number of carbonyl (C=O) groups is 1. The zero-order valence-corrected chi connectivity index (χ0v) is 18.3. The zero-order chi connectivity index (χ0) is 21.3. The number of likely N-dealkylation sites (N-methyl/N-ethyl adjacent to an activating group) is 1. The lowest BCUT2D eigenvalue weighted by molar-refractivity contribution is 0.0951. The molecule has 2 aromatic carbocycles. The number of rotatable bonds is 7. The van der Waals surface area contributed by atoms with Crippen LogP contribution in [-0.4, -0.2) is 61.9 Å². The van der Waals surface area contributed by atoms with Gasteiger partial charge in [0.05, 0.1) is 6.54 Å². The van der Waals surface area contributed by atoms with Gasteiger partial charge in [-0.05, 0) is 56.3 Å². The number of aliphatic imine (C=N–C) groups is 1. The van der Waals surface area contributed by atoms with E-state index in [1.54, 1.807) is 0 Å². The first kappa shape index (κ1) is 21.8. The fourth-order valence-electron chi connectivity index (χ4n) is 3.57. The summed E-state index contributed by atoms with van der Waals surface area (Å²) < 4.78 is 0. The lowest BCUT2D eigenvalue weighted by Gasteiger charge is -2.31. The minimum absolute atomic E-state index is 0.0396. The largest absolute Gasteiger partial charge is 0.356 e. The molecule has 0 atom stereocenters. The molecule has 6 nitrogen and oxygen atoms in total. The van der Waals surface area contributed by atoms with Gasteiger partial charge in [0.15, 0.2) is 5.96 Å². The van der Waals surface area contributed by atoms with E-state index >= 15 is 0 Å². The molecule has 0 radical (unpaired) electrons. The van der Waals surface area contributed by atoms with Gasteiger partial charge in [0, 0.05) is 38.3 Å². The second-order valence-corrected chi connectivity index (χ2v) is 7.87. The summed E-state index contributed by atoms with van der Waals surface area (Å²) in [6, 6.07) is 16.4. The van der Waals surface area contributed by atoms with E-state index in [2.05, 4.69) is 46.7 Å². The van der Waals surface area contributed by atoms with Crippen LogP contribution in [0, 0.1) is 0 Å². The molecule has 1 amide bonds. The second-order valence-electron chi connectivity index (χ2n) is 7.87. The average Bonchev–Trinajstić information content (AvgIpc) is 2.76. The quantitative estimate of drug-likeness (QED) is 0.547. The Morgan fingerprint density at radius 1 is 1.10 bits per heavy atom. The molecule has 30 heavy (non-hydrogen) atoms. The van der Waals surface area contributed by atoms with Gasteiger partial charge in [0.2, 0.25) is 0 Å². The molecule has 1 aliphatic heterocycles. The molecule has 0 fully saturated rings. The van der Waals surface area contributed by atoms with Gasteiger partial charge in [0.1, 0.15) is 0 Å². The van der Waals surface area contributed by atoms with Crippen LogP contribution in [0.3, 0.4) is 0 Å². The highest BCUT2D eigenvalue weighted by atomic mass is 16.1. The van der Waals surface area contributed by atoms with E-state index in [1.165, 1.54) is 11.1 Å². The van der Waals surface area contributed by atoms with E-state index in [9.17, 15) is 4.79 Å². The maximum absolute atomic E-state index is 12.4. The van der Waals surface area contributed by atoms with Gasteiger partial charge in [-0.25, -0.2) is 4.99 Å². The van der Waals surface area contributed by atoms with Crippen LogP contribution < -0.4 is 10.6 Å². The molecule has 1 heterocycles. The Kier molecular flexibility index (Phi) is 7.85. The summed E-state index contributed by atoms with van der Waals surface area (Å²) in [7, 11) is 3.99. The van der Waals surface area contributed by atoms with Crippen LogP contribution >= 0.6 is 0 Å². The molecule has 160 valence electrons. The van der Waals surface area contributed by atoms with Crippen LogP contribution in [0.15, 0.2) is 53.5 Å². The van der Waals surface area contributed by atoms with E-state index in [0.29, 0.717) is 18.7 Å². The maximum Gasteiger partial charge on any atom is 0.251 e. The third kappa shape index (κ3) is 6.07. The average molecular weight is 408 g/mol. The Morgan fingerprint density at radius 3 is 2.67 bits per heavy atom. The topological polar surface area (TPSA) is 60.0 Å². The van der Waals surface area contributed by atoms with Crippen molar-refractivity contribution in [2.45, 2.75) is 26.4 Å². The number of nitrogens with zero attached hydrogens (tertiary/aromatic N) is 3. The lowest BCUT2D eigenvalue weighted by atomic mass is 10.0. The minimum Gasteiger partial charge on any atom is -0.356 e. The summed E-state index contributed by atoms with van der Waals surface area (Å²) in [6.07, 6.45) is 1.03. The van der Waals surface area contributed by atoms with Gasteiger partial charge >= 0.3 is 0 Å². The first-order valence-corrected chi connectivity index (χ1v) is 10.7. The fraction of sp³-hybridized carbons (Fsp3) is 0.417. The number of amides is 1. The van der Waals surface area contributed by atoms with Crippen molar-refractivity contribution in [2.24, 2.45) is 4.99 Å². The van der Waals surface area contributed by atoms with Crippen molar-refractivity contribution in [1.29, 1.82) is 0 Å². The lowest BCUT2D eigenvalue weighted by Crippen LogP contribution is -2.44. The van der Waals surface area contributed by atoms with Crippen molar-refractivity contribution in [3.8, 4) is 0 Å². The van der Waals surface area contributed by atoms with Gasteiger partial charge in [-0.3, -0.25) is 4.79 Å². The number of guanidine groups is 1. The van der Waals surface area contributed by atoms with Gasteiger partial charge in [0.25, 0.3) is 5.91 Å². The molecule has 0 saturated carbocycles. The standard InChI is InChI=1S/C24H33N5O/c1-4-25-24(29-14-12-20-9-5-6-10-22(20)18-29)27-17-19-8-7-11-21(16-19)23(30)26-13-15-28(2)3/h5-11,16H,4,12-15,17-18H2,1-3H3,(H,25,27)(H,26,30). The van der Waals surface area contributed by atoms with Crippen molar-refractivity contribution in [2.75, 3.05) is 40.3 Å². The van der Waals surface area contributed by atoms with Crippen LogP contribution in [0.25, 0.3) is 0 Å². The van der Waals surface area contributed by atoms with Crippen molar-refractivity contribution in [3.05, 3.63) is 70.8 Å². The molecule has 0 unspecified atom stereocenters. The highest BCUT2D eigenvalue weighted by Crippen LogP contribution is 2.18. The van der Waals surface area contributed by atoms with Gasteiger partial charge in [-0.15, -0.1) is 0 Å². The summed E-state index contributed by atoms with van der Waals surface area (Å²) in [4.78, 5) is 21.6. The summed E-state index contributed by atoms with van der Waals surface area (Å²) in [5.41, 5.74) is 4.50.